The Balaban J connectivity index is 2.00. The van der Waals surface area contributed by atoms with Gasteiger partial charge in [-0.2, -0.15) is 5.26 Å². The zero-order valence-electron chi connectivity index (χ0n) is 13.8. The summed E-state index contributed by atoms with van der Waals surface area (Å²) in [6.07, 6.45) is 5.05. The van der Waals surface area contributed by atoms with E-state index >= 15 is 0 Å². The molecule has 0 bridgehead atoms. The van der Waals surface area contributed by atoms with Crippen molar-refractivity contribution in [2.45, 2.75) is 44.1 Å². The lowest BCUT2D eigenvalue weighted by molar-refractivity contribution is -0.183. The predicted molar refractivity (Wildman–Crippen MR) is 88.5 cm³/mol. The lowest BCUT2D eigenvalue weighted by Gasteiger charge is -2.41. The molecule has 1 aliphatic heterocycles. The van der Waals surface area contributed by atoms with Crippen molar-refractivity contribution in [2.75, 3.05) is 6.61 Å². The van der Waals surface area contributed by atoms with Crippen molar-refractivity contribution in [1.82, 2.24) is 4.98 Å². The lowest BCUT2D eigenvalue weighted by Crippen LogP contribution is -2.49. The Hall–Kier alpha value is -2.39. The molecule has 130 valence electrons. The molecule has 0 amide bonds. The number of carboxylic acids is 1. The van der Waals surface area contributed by atoms with Crippen molar-refractivity contribution in [3.8, 4) is 6.07 Å². The van der Waals surface area contributed by atoms with Crippen LogP contribution in [0.15, 0.2) is 12.1 Å². The van der Waals surface area contributed by atoms with Gasteiger partial charge in [-0.05, 0) is 37.0 Å². The Labute approximate surface area is 144 Å². The topological polar surface area (TPSA) is 86.1 Å². The summed E-state index contributed by atoms with van der Waals surface area (Å²) in [7, 11) is 0. The first-order valence-corrected chi connectivity index (χ1v) is 8.70. The number of benzene rings is 1. The molecule has 0 radical (unpaired) electrons. The van der Waals surface area contributed by atoms with Crippen LogP contribution in [0.5, 0.6) is 0 Å². The molecule has 2 N–H and O–H groups in total. The van der Waals surface area contributed by atoms with Gasteiger partial charge in [0.2, 0.25) is 5.60 Å². The number of carbonyl (C=O) groups is 1. The number of halogens is 1. The highest BCUT2D eigenvalue weighted by atomic mass is 19.1. The molecule has 0 saturated heterocycles. The van der Waals surface area contributed by atoms with Crippen LogP contribution in [0.4, 0.5) is 4.39 Å². The molecular weight excluding hydrogens is 323 g/mol. The molecule has 1 aromatic carbocycles. The number of ether oxygens (including phenoxy) is 1. The molecule has 0 spiro atoms. The molecule has 1 aromatic heterocycles. The highest BCUT2D eigenvalue weighted by Crippen LogP contribution is 2.47. The SMILES string of the molecule is N#Cc1ccc(F)c2[nH]c3c(c12)CCOC3(C(=O)O)C1CCCCC1. The van der Waals surface area contributed by atoms with E-state index in [2.05, 4.69) is 11.1 Å². The summed E-state index contributed by atoms with van der Waals surface area (Å²) in [6.45, 7) is 0.254. The number of aliphatic carboxylic acids is 1. The van der Waals surface area contributed by atoms with Gasteiger partial charge in [0.05, 0.1) is 29.5 Å². The van der Waals surface area contributed by atoms with Gasteiger partial charge in [-0.25, -0.2) is 9.18 Å². The lowest BCUT2D eigenvalue weighted by atomic mass is 9.73. The summed E-state index contributed by atoms with van der Waals surface area (Å²) < 4.78 is 20.3. The fourth-order valence-electron chi connectivity index (χ4n) is 4.56. The van der Waals surface area contributed by atoms with E-state index in [9.17, 15) is 19.6 Å². The Morgan fingerprint density at radius 3 is 2.80 bits per heavy atom. The summed E-state index contributed by atoms with van der Waals surface area (Å²) in [6, 6.07) is 4.79. The van der Waals surface area contributed by atoms with E-state index in [1.54, 1.807) is 0 Å². The largest absolute Gasteiger partial charge is 0.479 e. The molecule has 2 heterocycles. The van der Waals surface area contributed by atoms with Crippen LogP contribution in [0.2, 0.25) is 0 Å². The van der Waals surface area contributed by atoms with E-state index in [1.165, 1.54) is 12.1 Å². The fraction of sp³-hybridized carbons (Fsp3) is 0.474. The molecular formula is C19H19FN2O3. The molecule has 1 saturated carbocycles. The molecule has 4 rings (SSSR count). The van der Waals surface area contributed by atoms with Crippen LogP contribution in [-0.2, 0) is 21.6 Å². The average molecular weight is 342 g/mol. The van der Waals surface area contributed by atoms with Crippen LogP contribution in [0.3, 0.4) is 0 Å². The summed E-state index contributed by atoms with van der Waals surface area (Å²) in [5.41, 5.74) is 0.223. The van der Waals surface area contributed by atoms with E-state index in [1.807, 2.05) is 0 Å². The Morgan fingerprint density at radius 2 is 2.12 bits per heavy atom. The molecule has 2 aliphatic rings. The van der Waals surface area contributed by atoms with Crippen molar-refractivity contribution in [2.24, 2.45) is 5.92 Å². The van der Waals surface area contributed by atoms with E-state index in [4.69, 9.17) is 4.74 Å². The normalized spacial score (nSPS) is 24.0. The zero-order chi connectivity index (χ0) is 17.6. The number of fused-ring (bicyclic) bond motifs is 3. The Bertz CT molecular complexity index is 892. The number of nitriles is 1. The highest BCUT2D eigenvalue weighted by Gasteiger charge is 2.53. The quantitative estimate of drug-likeness (QED) is 0.873. The van der Waals surface area contributed by atoms with Gasteiger partial charge in [0, 0.05) is 11.3 Å². The Kier molecular flexibility index (Phi) is 3.77. The van der Waals surface area contributed by atoms with Gasteiger partial charge in [-0.1, -0.05) is 19.3 Å². The van der Waals surface area contributed by atoms with Crippen molar-refractivity contribution in [3.05, 3.63) is 34.8 Å². The van der Waals surface area contributed by atoms with Crippen molar-refractivity contribution in [1.29, 1.82) is 5.26 Å². The number of hydrogen-bond donors (Lipinski definition) is 2. The predicted octanol–water partition coefficient (Wildman–Crippen LogP) is 3.61. The van der Waals surface area contributed by atoms with E-state index < -0.39 is 17.4 Å². The third kappa shape index (κ3) is 2.19. The third-order valence-corrected chi connectivity index (χ3v) is 5.68. The minimum Gasteiger partial charge on any atom is -0.479 e. The maximum atomic E-state index is 14.4. The van der Waals surface area contributed by atoms with E-state index in [0.29, 0.717) is 28.6 Å². The van der Waals surface area contributed by atoms with Gasteiger partial charge in [0.1, 0.15) is 5.82 Å². The second kappa shape index (κ2) is 5.85. The maximum absolute atomic E-state index is 14.4. The molecule has 25 heavy (non-hydrogen) atoms. The number of carboxylic acid groups (broad SMARTS) is 1. The van der Waals surface area contributed by atoms with Crippen LogP contribution >= 0.6 is 0 Å². The number of rotatable bonds is 2. The summed E-state index contributed by atoms with van der Waals surface area (Å²) in [5, 5.41) is 20.0. The summed E-state index contributed by atoms with van der Waals surface area (Å²) in [4.78, 5) is 15.3. The number of nitrogens with one attached hydrogen (secondary N) is 1. The first-order valence-electron chi connectivity index (χ1n) is 8.70. The first kappa shape index (κ1) is 16.1. The smallest absolute Gasteiger partial charge is 0.342 e. The second-order valence-corrected chi connectivity index (χ2v) is 6.91. The maximum Gasteiger partial charge on any atom is 0.342 e. The molecule has 1 unspecified atom stereocenters. The van der Waals surface area contributed by atoms with Crippen LogP contribution in [0.1, 0.15) is 48.9 Å². The first-order chi connectivity index (χ1) is 12.1. The zero-order valence-corrected chi connectivity index (χ0v) is 13.8. The number of hydrogen-bond acceptors (Lipinski definition) is 3. The van der Waals surface area contributed by atoms with Gasteiger partial charge < -0.3 is 14.8 Å². The summed E-state index contributed by atoms with van der Waals surface area (Å²) in [5.74, 6) is -1.67. The summed E-state index contributed by atoms with van der Waals surface area (Å²) >= 11 is 0. The van der Waals surface area contributed by atoms with Gasteiger partial charge in [0.15, 0.2) is 0 Å². The molecule has 1 fully saturated rings. The van der Waals surface area contributed by atoms with E-state index in [0.717, 1.165) is 32.1 Å². The molecule has 1 aliphatic carbocycles. The fourth-order valence-corrected chi connectivity index (χ4v) is 4.56. The van der Waals surface area contributed by atoms with Gasteiger partial charge in [-0.15, -0.1) is 0 Å². The number of H-pyrrole nitrogens is 1. The minimum atomic E-state index is -1.48. The second-order valence-electron chi connectivity index (χ2n) is 6.91. The minimum absolute atomic E-state index is 0.153. The molecule has 6 heteroatoms. The number of nitrogens with zero attached hydrogens (tertiary/aromatic N) is 1. The number of aromatic nitrogens is 1. The standard InChI is InChI=1S/C19H19FN2O3/c20-14-7-6-11(10-21)15-13-8-9-25-19(18(23)24,17(13)22-16(14)15)12-4-2-1-3-5-12/h6-7,12,22H,1-5,8-9H2,(H,23,24). The van der Waals surface area contributed by atoms with Crippen molar-refractivity contribution >= 4 is 16.9 Å². The van der Waals surface area contributed by atoms with Crippen LogP contribution in [0.25, 0.3) is 10.9 Å². The monoisotopic (exact) mass is 342 g/mol. The van der Waals surface area contributed by atoms with Gasteiger partial charge in [-0.3, -0.25) is 0 Å². The molecule has 5 nitrogen and oxygen atoms in total. The third-order valence-electron chi connectivity index (χ3n) is 5.68. The average Bonchev–Trinajstić information content (AvgIpc) is 3.03. The number of aromatic amines is 1. The molecule has 2 aromatic rings. The van der Waals surface area contributed by atoms with Crippen LogP contribution in [0, 0.1) is 23.1 Å². The van der Waals surface area contributed by atoms with Crippen LogP contribution < -0.4 is 0 Å². The van der Waals surface area contributed by atoms with Crippen LogP contribution in [-0.4, -0.2) is 22.7 Å². The Morgan fingerprint density at radius 1 is 1.36 bits per heavy atom. The highest BCUT2D eigenvalue weighted by molar-refractivity contribution is 5.93. The van der Waals surface area contributed by atoms with Gasteiger partial charge in [0.25, 0.3) is 0 Å². The van der Waals surface area contributed by atoms with Crippen molar-refractivity contribution in [3.63, 3.8) is 0 Å². The van der Waals surface area contributed by atoms with Gasteiger partial charge >= 0.3 is 5.97 Å². The van der Waals surface area contributed by atoms with Crippen molar-refractivity contribution < 1.29 is 19.0 Å². The molecule has 1 atom stereocenters. The van der Waals surface area contributed by atoms with E-state index in [-0.39, 0.29) is 18.0 Å².